The summed E-state index contributed by atoms with van der Waals surface area (Å²) in [5.41, 5.74) is 0. The van der Waals surface area contributed by atoms with E-state index in [1.807, 2.05) is 18.9 Å². The smallest absolute Gasteiger partial charge is 0.246 e. The van der Waals surface area contributed by atoms with Crippen LogP contribution in [0, 0.1) is 0 Å². The average Bonchev–Trinajstić information content (AvgIpc) is 2.28. The Balaban J connectivity index is 2.42. The van der Waals surface area contributed by atoms with Crippen LogP contribution in [-0.4, -0.2) is 48.4 Å². The van der Waals surface area contributed by atoms with Crippen LogP contribution in [0.2, 0.25) is 0 Å². The van der Waals surface area contributed by atoms with Crippen molar-refractivity contribution < 1.29 is 4.79 Å². The molecule has 0 atom stereocenters. The third kappa shape index (κ3) is 3.34. The van der Waals surface area contributed by atoms with Crippen LogP contribution in [0.15, 0.2) is 12.2 Å². The van der Waals surface area contributed by atoms with Gasteiger partial charge in [-0.2, -0.15) is 0 Å². The topological polar surface area (TPSA) is 23.6 Å². The number of carbonyl (C=O) groups is 1. The Hall–Kier alpha value is -0.830. The van der Waals surface area contributed by atoms with E-state index in [4.69, 9.17) is 0 Å². The molecule has 0 unspecified atom stereocenters. The van der Waals surface area contributed by atoms with Gasteiger partial charge >= 0.3 is 0 Å². The first-order valence-electron chi connectivity index (χ1n) is 5.80. The zero-order valence-corrected chi connectivity index (χ0v) is 10.1. The first kappa shape index (κ1) is 12.2. The molecule has 3 nitrogen and oxygen atoms in total. The van der Waals surface area contributed by atoms with Crippen molar-refractivity contribution in [3.05, 3.63) is 12.2 Å². The van der Waals surface area contributed by atoms with Crippen molar-refractivity contribution in [3.63, 3.8) is 0 Å². The maximum atomic E-state index is 11.6. The normalized spacial score (nSPS) is 19.7. The van der Waals surface area contributed by atoms with Gasteiger partial charge < -0.3 is 9.80 Å². The maximum absolute atomic E-state index is 11.6. The third-order valence-corrected chi connectivity index (χ3v) is 3.21. The van der Waals surface area contributed by atoms with Gasteiger partial charge in [0.2, 0.25) is 5.91 Å². The van der Waals surface area contributed by atoms with Crippen molar-refractivity contribution in [1.29, 1.82) is 0 Å². The highest BCUT2D eigenvalue weighted by molar-refractivity contribution is 5.87. The van der Waals surface area contributed by atoms with Crippen LogP contribution in [-0.2, 0) is 4.79 Å². The second kappa shape index (κ2) is 5.91. The van der Waals surface area contributed by atoms with E-state index < -0.39 is 0 Å². The molecule has 0 aromatic carbocycles. The fraction of sp³-hybridized carbons (Fsp3) is 0.750. The molecular weight excluding hydrogens is 188 g/mol. The number of rotatable bonds is 3. The molecule has 1 aliphatic rings. The second-order valence-corrected chi connectivity index (χ2v) is 4.11. The standard InChI is InChI=1S/C12H22N2O/c1-4-6-12(15)13(3)11-7-9-14(5-2)10-8-11/h4,6,11H,5,7-10H2,1-3H3. The highest BCUT2D eigenvalue weighted by Crippen LogP contribution is 2.15. The van der Waals surface area contributed by atoms with Gasteiger partial charge in [-0.05, 0) is 32.4 Å². The number of amides is 1. The highest BCUT2D eigenvalue weighted by atomic mass is 16.2. The number of nitrogens with zero attached hydrogens (tertiary/aromatic N) is 2. The van der Waals surface area contributed by atoms with E-state index in [0.29, 0.717) is 6.04 Å². The summed E-state index contributed by atoms with van der Waals surface area (Å²) in [4.78, 5) is 15.9. The number of piperidine rings is 1. The lowest BCUT2D eigenvalue weighted by atomic mass is 10.0. The quantitative estimate of drug-likeness (QED) is 0.659. The van der Waals surface area contributed by atoms with Crippen molar-refractivity contribution in [3.8, 4) is 0 Å². The highest BCUT2D eigenvalue weighted by Gasteiger charge is 2.23. The number of likely N-dealkylation sites (tertiary alicyclic amines) is 1. The van der Waals surface area contributed by atoms with Gasteiger partial charge in [0.05, 0.1) is 0 Å². The van der Waals surface area contributed by atoms with Crippen LogP contribution in [0.1, 0.15) is 26.7 Å². The molecule has 0 spiro atoms. The molecule has 0 N–H and O–H groups in total. The minimum absolute atomic E-state index is 0.132. The molecular formula is C12H22N2O. The van der Waals surface area contributed by atoms with Crippen LogP contribution < -0.4 is 0 Å². The molecule has 3 heteroatoms. The summed E-state index contributed by atoms with van der Waals surface area (Å²) < 4.78 is 0. The van der Waals surface area contributed by atoms with Gasteiger partial charge in [0.1, 0.15) is 0 Å². The monoisotopic (exact) mass is 210 g/mol. The van der Waals surface area contributed by atoms with Crippen LogP contribution in [0.5, 0.6) is 0 Å². The molecule has 86 valence electrons. The predicted octanol–water partition coefficient (Wildman–Crippen LogP) is 1.51. The molecule has 0 aromatic rings. The van der Waals surface area contributed by atoms with Gasteiger partial charge in [-0.1, -0.05) is 13.0 Å². The molecule has 0 radical (unpaired) electrons. The summed E-state index contributed by atoms with van der Waals surface area (Å²) in [7, 11) is 1.91. The predicted molar refractivity (Wildman–Crippen MR) is 62.7 cm³/mol. The number of hydrogen-bond donors (Lipinski definition) is 0. The van der Waals surface area contributed by atoms with Gasteiger partial charge in [-0.25, -0.2) is 0 Å². The fourth-order valence-electron chi connectivity index (χ4n) is 2.06. The van der Waals surface area contributed by atoms with Crippen molar-refractivity contribution in [1.82, 2.24) is 9.80 Å². The number of allylic oxidation sites excluding steroid dienone is 1. The minimum Gasteiger partial charge on any atom is -0.339 e. The first-order chi connectivity index (χ1) is 7.19. The molecule has 1 amide bonds. The molecule has 15 heavy (non-hydrogen) atoms. The average molecular weight is 210 g/mol. The summed E-state index contributed by atoms with van der Waals surface area (Å²) in [5.74, 6) is 0.132. The second-order valence-electron chi connectivity index (χ2n) is 4.11. The summed E-state index contributed by atoms with van der Waals surface area (Å²) in [6.45, 7) is 7.43. The Morgan fingerprint density at radius 2 is 2.07 bits per heavy atom. The van der Waals surface area contributed by atoms with Crippen molar-refractivity contribution in [2.24, 2.45) is 0 Å². The van der Waals surface area contributed by atoms with E-state index in [0.717, 1.165) is 32.5 Å². The van der Waals surface area contributed by atoms with E-state index in [1.165, 1.54) is 0 Å². The largest absolute Gasteiger partial charge is 0.339 e. The third-order valence-electron chi connectivity index (χ3n) is 3.21. The van der Waals surface area contributed by atoms with Crippen molar-refractivity contribution in [2.75, 3.05) is 26.7 Å². The lowest BCUT2D eigenvalue weighted by molar-refractivity contribution is -0.127. The van der Waals surface area contributed by atoms with E-state index in [-0.39, 0.29) is 5.91 Å². The van der Waals surface area contributed by atoms with Gasteiger partial charge in [-0.3, -0.25) is 4.79 Å². The Labute approximate surface area is 92.7 Å². The van der Waals surface area contributed by atoms with Crippen LogP contribution in [0.3, 0.4) is 0 Å². The van der Waals surface area contributed by atoms with Gasteiger partial charge in [0, 0.05) is 26.2 Å². The zero-order chi connectivity index (χ0) is 11.3. The Morgan fingerprint density at radius 1 is 1.47 bits per heavy atom. The number of carbonyl (C=O) groups excluding carboxylic acids is 1. The maximum Gasteiger partial charge on any atom is 0.246 e. The molecule has 1 saturated heterocycles. The molecule has 1 heterocycles. The van der Waals surface area contributed by atoms with Crippen LogP contribution >= 0.6 is 0 Å². The number of likely N-dealkylation sites (N-methyl/N-ethyl adjacent to an activating group) is 1. The minimum atomic E-state index is 0.132. The molecule has 0 aromatic heterocycles. The van der Waals surface area contributed by atoms with Crippen LogP contribution in [0.4, 0.5) is 0 Å². The van der Waals surface area contributed by atoms with Gasteiger partial charge in [0.15, 0.2) is 0 Å². The van der Waals surface area contributed by atoms with E-state index in [9.17, 15) is 4.79 Å². The van der Waals surface area contributed by atoms with Gasteiger partial charge in [0.25, 0.3) is 0 Å². The molecule has 1 rings (SSSR count). The molecule has 0 saturated carbocycles. The first-order valence-corrected chi connectivity index (χ1v) is 5.80. The van der Waals surface area contributed by atoms with Crippen molar-refractivity contribution >= 4 is 5.91 Å². The fourth-order valence-corrected chi connectivity index (χ4v) is 2.06. The lowest BCUT2D eigenvalue weighted by Crippen LogP contribution is -2.45. The van der Waals surface area contributed by atoms with Crippen molar-refractivity contribution in [2.45, 2.75) is 32.7 Å². The SMILES string of the molecule is CC=CC(=O)N(C)C1CCN(CC)CC1. The Kier molecular flexibility index (Phi) is 4.82. The van der Waals surface area contributed by atoms with E-state index in [2.05, 4.69) is 11.8 Å². The summed E-state index contributed by atoms with van der Waals surface area (Å²) in [6.07, 6.45) is 5.66. The summed E-state index contributed by atoms with van der Waals surface area (Å²) in [6, 6.07) is 0.427. The van der Waals surface area contributed by atoms with E-state index in [1.54, 1.807) is 12.2 Å². The zero-order valence-electron chi connectivity index (χ0n) is 10.1. The Bertz CT molecular complexity index is 230. The van der Waals surface area contributed by atoms with E-state index >= 15 is 0 Å². The molecule has 1 aliphatic heterocycles. The lowest BCUT2D eigenvalue weighted by Gasteiger charge is -2.35. The number of hydrogen-bond acceptors (Lipinski definition) is 2. The molecule has 1 fully saturated rings. The molecule has 0 aliphatic carbocycles. The van der Waals surface area contributed by atoms with Gasteiger partial charge in [-0.15, -0.1) is 0 Å². The summed E-state index contributed by atoms with van der Waals surface area (Å²) >= 11 is 0. The van der Waals surface area contributed by atoms with Crippen LogP contribution in [0.25, 0.3) is 0 Å². The Morgan fingerprint density at radius 3 is 2.53 bits per heavy atom. The molecule has 0 bridgehead atoms. The summed E-state index contributed by atoms with van der Waals surface area (Å²) in [5, 5.41) is 0.